The third kappa shape index (κ3) is 5.13. The number of alkyl halides is 3. The Balaban J connectivity index is 2.00. The minimum Gasteiger partial charge on any atom is -0.478 e. The van der Waals surface area contributed by atoms with Gasteiger partial charge in [0.15, 0.2) is 5.60 Å². The molecule has 3 aromatic rings. The van der Waals surface area contributed by atoms with Gasteiger partial charge in [-0.05, 0) is 35.9 Å². The number of aryl methyl sites for hydroxylation is 1. The Hall–Kier alpha value is -2.72. The van der Waals surface area contributed by atoms with Crippen LogP contribution in [0.2, 0.25) is 15.1 Å². The summed E-state index contributed by atoms with van der Waals surface area (Å²) in [4.78, 5) is 22.9. The Labute approximate surface area is 212 Å². The minimum absolute atomic E-state index is 0.0527. The van der Waals surface area contributed by atoms with Gasteiger partial charge in [0.05, 0.1) is 10.6 Å². The lowest BCUT2D eigenvalue weighted by molar-refractivity contribution is -0.274. The van der Waals surface area contributed by atoms with Crippen LogP contribution in [0.1, 0.15) is 34.3 Å². The lowest BCUT2D eigenvalue weighted by Gasteiger charge is -2.37. The molecule has 0 aliphatic carbocycles. The molecule has 186 valence electrons. The van der Waals surface area contributed by atoms with Gasteiger partial charge in [0.2, 0.25) is 0 Å². The third-order valence-corrected chi connectivity index (χ3v) is 6.39. The van der Waals surface area contributed by atoms with Crippen molar-refractivity contribution < 1.29 is 32.9 Å². The van der Waals surface area contributed by atoms with Gasteiger partial charge in [-0.3, -0.25) is 4.79 Å². The molecule has 6 nitrogen and oxygen atoms in total. The first-order valence-electron chi connectivity index (χ1n) is 9.82. The van der Waals surface area contributed by atoms with E-state index >= 15 is 0 Å². The van der Waals surface area contributed by atoms with Crippen molar-refractivity contribution in [3.05, 3.63) is 90.8 Å². The summed E-state index contributed by atoms with van der Waals surface area (Å²) in [6.45, 7) is 1.14. The highest BCUT2D eigenvalue weighted by Crippen LogP contribution is 2.50. The summed E-state index contributed by atoms with van der Waals surface area (Å²) in [6.07, 6.45) is -4.29. The van der Waals surface area contributed by atoms with Crippen LogP contribution in [0.3, 0.4) is 0 Å². The second-order valence-electron chi connectivity index (χ2n) is 7.71. The summed E-state index contributed by atoms with van der Waals surface area (Å²) in [5.41, 5.74) is -4.97. The van der Waals surface area contributed by atoms with Crippen molar-refractivity contribution in [1.82, 2.24) is 4.57 Å². The summed E-state index contributed by atoms with van der Waals surface area (Å²) in [7, 11) is 1.22. The molecule has 35 heavy (non-hydrogen) atoms. The average molecular weight is 551 g/mol. The Morgan fingerprint density at radius 1 is 1.00 bits per heavy atom. The fourth-order valence-corrected chi connectivity index (χ4v) is 4.39. The van der Waals surface area contributed by atoms with Crippen molar-refractivity contribution in [2.24, 2.45) is 7.05 Å². The van der Waals surface area contributed by atoms with E-state index < -0.39 is 39.8 Å². The number of rotatable bonds is 6. The quantitative estimate of drug-likeness (QED) is 0.371. The number of carbonyl (C=O) groups is 1. The molecular formula is C23H17Cl3F3NO5. The second kappa shape index (κ2) is 9.73. The van der Waals surface area contributed by atoms with Crippen molar-refractivity contribution in [3.63, 3.8) is 0 Å². The first-order valence-corrected chi connectivity index (χ1v) is 11.0. The van der Waals surface area contributed by atoms with Crippen LogP contribution in [-0.4, -0.2) is 26.9 Å². The predicted molar refractivity (Wildman–Crippen MR) is 125 cm³/mol. The minimum atomic E-state index is -5.16. The number of benzene rings is 2. The van der Waals surface area contributed by atoms with Gasteiger partial charge in [0.1, 0.15) is 16.5 Å². The summed E-state index contributed by atoms with van der Waals surface area (Å²) >= 11 is 18.0. The summed E-state index contributed by atoms with van der Waals surface area (Å²) in [5.74, 6) is -2.55. The van der Waals surface area contributed by atoms with E-state index in [9.17, 15) is 27.9 Å². The number of nitrogens with zero attached hydrogens (tertiary/aromatic N) is 1. The molecule has 2 N–H and O–H groups in total. The normalized spacial score (nSPS) is 14.3. The number of carboxylic acids is 1. The van der Waals surface area contributed by atoms with Gasteiger partial charge in [-0.15, -0.1) is 0 Å². The number of aliphatic hydroxyl groups is 1. The molecule has 0 aliphatic heterocycles. The molecule has 1 heterocycles. The van der Waals surface area contributed by atoms with E-state index in [-0.39, 0.29) is 32.7 Å². The Morgan fingerprint density at radius 2 is 1.57 bits per heavy atom. The van der Waals surface area contributed by atoms with Gasteiger partial charge in [-0.1, -0.05) is 47.8 Å². The van der Waals surface area contributed by atoms with E-state index in [4.69, 9.17) is 44.6 Å². The van der Waals surface area contributed by atoms with Crippen LogP contribution in [0.4, 0.5) is 13.2 Å². The molecule has 2 aromatic carbocycles. The summed E-state index contributed by atoms with van der Waals surface area (Å²) < 4.78 is 49.1. The first kappa shape index (κ1) is 26.9. The fraction of sp³-hybridized carbons (Fsp3) is 0.217. The van der Waals surface area contributed by atoms with Crippen LogP contribution < -0.4 is 10.3 Å². The monoisotopic (exact) mass is 549 g/mol. The number of aromatic carboxylic acids is 1. The smallest absolute Gasteiger partial charge is 0.422 e. The molecule has 0 saturated carbocycles. The maximum absolute atomic E-state index is 14.2. The Bertz CT molecular complexity index is 1330. The van der Waals surface area contributed by atoms with Gasteiger partial charge < -0.3 is 19.5 Å². The molecule has 0 spiro atoms. The van der Waals surface area contributed by atoms with Crippen LogP contribution in [-0.2, 0) is 12.6 Å². The lowest BCUT2D eigenvalue weighted by Crippen LogP contribution is -2.47. The molecule has 0 aliphatic rings. The largest absolute Gasteiger partial charge is 0.478 e. The highest BCUT2D eigenvalue weighted by molar-refractivity contribution is 6.33. The van der Waals surface area contributed by atoms with Crippen molar-refractivity contribution in [2.45, 2.75) is 24.6 Å². The van der Waals surface area contributed by atoms with E-state index in [0.717, 1.165) is 23.8 Å². The number of aromatic nitrogens is 1. The number of carboxylic acid groups (broad SMARTS) is 1. The van der Waals surface area contributed by atoms with E-state index in [0.29, 0.717) is 0 Å². The van der Waals surface area contributed by atoms with Crippen molar-refractivity contribution >= 4 is 40.8 Å². The SMILES string of the molecule is CC(c1ccc(Oc2ccc(C(=O)O)c(Cl)c2)cc1Cl)C(O)(c1cc(Cl)c(=O)n(C)c1)C(F)(F)F. The number of pyridine rings is 1. The van der Waals surface area contributed by atoms with Crippen molar-refractivity contribution in [2.75, 3.05) is 0 Å². The Kier molecular flexibility index (Phi) is 7.48. The van der Waals surface area contributed by atoms with Crippen molar-refractivity contribution in [3.8, 4) is 11.5 Å². The highest BCUT2D eigenvalue weighted by Gasteiger charge is 2.59. The molecule has 12 heteroatoms. The lowest BCUT2D eigenvalue weighted by atomic mass is 9.78. The molecule has 0 fully saturated rings. The van der Waals surface area contributed by atoms with Crippen LogP contribution in [0.25, 0.3) is 0 Å². The number of halogens is 6. The number of hydrogen-bond donors (Lipinski definition) is 2. The molecule has 0 saturated heterocycles. The van der Waals surface area contributed by atoms with E-state index in [1.54, 1.807) is 0 Å². The number of ether oxygens (including phenoxy) is 1. The second-order valence-corrected chi connectivity index (χ2v) is 8.93. The average Bonchev–Trinajstić information content (AvgIpc) is 2.75. The molecule has 0 amide bonds. The zero-order valence-electron chi connectivity index (χ0n) is 18.0. The summed E-state index contributed by atoms with van der Waals surface area (Å²) in [5, 5.41) is 19.3. The van der Waals surface area contributed by atoms with Gasteiger partial charge in [-0.2, -0.15) is 13.2 Å². The maximum atomic E-state index is 14.2. The number of hydrogen-bond acceptors (Lipinski definition) is 4. The highest BCUT2D eigenvalue weighted by atomic mass is 35.5. The van der Waals surface area contributed by atoms with E-state index in [1.165, 1.54) is 43.4 Å². The van der Waals surface area contributed by atoms with Crippen LogP contribution in [0.15, 0.2) is 53.5 Å². The van der Waals surface area contributed by atoms with E-state index in [1.807, 2.05) is 0 Å². The fourth-order valence-electron chi connectivity index (χ4n) is 3.56. The van der Waals surface area contributed by atoms with Crippen LogP contribution in [0.5, 0.6) is 11.5 Å². The van der Waals surface area contributed by atoms with Crippen molar-refractivity contribution in [1.29, 1.82) is 0 Å². The summed E-state index contributed by atoms with van der Waals surface area (Å²) in [6, 6.07) is 8.48. The molecule has 0 bridgehead atoms. The van der Waals surface area contributed by atoms with Gasteiger partial charge in [-0.25, -0.2) is 4.79 Å². The molecule has 1 aromatic heterocycles. The zero-order chi connectivity index (χ0) is 26.3. The Morgan fingerprint density at radius 3 is 2.06 bits per heavy atom. The molecule has 2 atom stereocenters. The first-order chi connectivity index (χ1) is 16.2. The topological polar surface area (TPSA) is 88.8 Å². The van der Waals surface area contributed by atoms with Crippen LogP contribution >= 0.6 is 34.8 Å². The van der Waals surface area contributed by atoms with Gasteiger partial charge in [0, 0.05) is 35.8 Å². The standard InChI is InChI=1S/C23H17Cl3F3NO5/c1-11(22(34,23(27,28)29)12-7-19(26)20(31)30(2)10-12)15-5-3-13(8-17(15)24)35-14-4-6-16(21(32)33)18(25)9-14/h3-11,34H,1-2H3,(H,32,33). The molecule has 3 rings (SSSR count). The van der Waals surface area contributed by atoms with E-state index in [2.05, 4.69) is 0 Å². The molecule has 2 unspecified atom stereocenters. The molecule has 0 radical (unpaired) electrons. The third-order valence-electron chi connectivity index (χ3n) is 5.48. The maximum Gasteiger partial charge on any atom is 0.422 e. The molecular weight excluding hydrogens is 534 g/mol. The zero-order valence-corrected chi connectivity index (χ0v) is 20.3. The van der Waals surface area contributed by atoms with Gasteiger partial charge >= 0.3 is 12.1 Å². The van der Waals surface area contributed by atoms with Crippen LogP contribution in [0, 0.1) is 0 Å². The van der Waals surface area contributed by atoms with Gasteiger partial charge in [0.25, 0.3) is 5.56 Å². The predicted octanol–water partition coefficient (Wildman–Crippen LogP) is 6.39.